The topological polar surface area (TPSA) is 51.6 Å². The van der Waals surface area contributed by atoms with Gasteiger partial charge in [0.2, 0.25) is 0 Å². The van der Waals surface area contributed by atoms with E-state index < -0.39 is 0 Å². The van der Waals surface area contributed by atoms with Crippen LogP contribution in [0.3, 0.4) is 0 Å². The molecule has 140 heavy (non-hydrogen) atoms. The van der Waals surface area contributed by atoms with Gasteiger partial charge >= 0.3 is 0 Å². The zero-order chi connectivity index (χ0) is 91.7. The van der Waals surface area contributed by atoms with Crippen molar-refractivity contribution in [2.75, 3.05) is 0 Å². The quantitative estimate of drug-likeness (QED) is 0.112. The highest BCUT2D eigenvalue weighted by molar-refractivity contribution is 6.32. The van der Waals surface area contributed by atoms with Crippen LogP contribution in [0.5, 0.6) is 0 Å². The summed E-state index contributed by atoms with van der Waals surface area (Å²) in [5, 5.41) is 42.9. The molecular formula is C136H80N4. The highest BCUT2D eigenvalue weighted by atomic mass is 14.7. The molecule has 4 heterocycles. The fourth-order valence-corrected chi connectivity index (χ4v) is 23.5. The van der Waals surface area contributed by atoms with Crippen LogP contribution in [-0.4, -0.2) is 19.9 Å². The molecule has 0 amide bonds. The van der Waals surface area contributed by atoms with E-state index in [9.17, 15) is 0 Å². The first-order valence-corrected chi connectivity index (χ1v) is 48.3. The van der Waals surface area contributed by atoms with Gasteiger partial charge in [0.1, 0.15) is 0 Å². The second-order valence-electron chi connectivity index (χ2n) is 37.4. The molecule has 4 aromatic heterocycles. The van der Waals surface area contributed by atoms with Gasteiger partial charge in [0, 0.05) is 65.3 Å². The Morgan fingerprint density at radius 3 is 0.650 bits per heavy atom. The third-order valence-corrected chi connectivity index (χ3v) is 30.0. The van der Waals surface area contributed by atoms with Crippen LogP contribution in [0, 0.1) is 0 Å². The Balaban J connectivity index is 0.000000134. The van der Waals surface area contributed by atoms with Gasteiger partial charge in [0.05, 0.1) is 44.7 Å². The summed E-state index contributed by atoms with van der Waals surface area (Å²) < 4.78 is 0. The standard InChI is InChI=1S/2C68H40N2/c1-3-19-49-45(15-1)47-17-5-7-21-51(47)62-37-43(33-35-55(49)62)61-40-66(44-34-36-56-50-20-4-2-16-46(50)48-18-6-8-22-52(48)63(56)38-44)70-68-59-27-12-10-24-54(59)60(39-64(61)68)41-29-31-42(32-30-41)67-58-26-11-9-23-53(58)57-25-13-14-28-65(57)69-67;1-3-19-49-45(15-1)47-17-5-7-21-51(47)61-37-43(33-35-54(49)61)60-40-66(44-34-36-55-50-20-4-2-16-46(50)48-18-6-8-22-52(48)62(55)38-44)70-68-56-24-10-9-23-53(56)59(39-63(60)68)41-29-31-42(32-30-41)67-57-25-11-13-27-64(57)69-65-28-14-12-26-58(65)67/h2*1-40H. The van der Waals surface area contributed by atoms with Crippen molar-refractivity contribution < 1.29 is 0 Å². The number of hydrogen-bond acceptors (Lipinski definition) is 4. The van der Waals surface area contributed by atoms with Gasteiger partial charge in [-0.15, -0.1) is 0 Å². The van der Waals surface area contributed by atoms with Gasteiger partial charge in [0.15, 0.2) is 0 Å². The van der Waals surface area contributed by atoms with Crippen molar-refractivity contribution in [3.05, 3.63) is 485 Å². The van der Waals surface area contributed by atoms with E-state index in [0.29, 0.717) is 0 Å². The molecule has 0 aliphatic heterocycles. The maximum absolute atomic E-state index is 5.70. The molecule has 644 valence electrons. The summed E-state index contributed by atoms with van der Waals surface area (Å²) in [4.78, 5) is 21.7. The molecule has 0 N–H and O–H groups in total. The summed E-state index contributed by atoms with van der Waals surface area (Å²) in [6, 6.07) is 178. The van der Waals surface area contributed by atoms with Crippen LogP contribution in [0.2, 0.25) is 0 Å². The van der Waals surface area contributed by atoms with Gasteiger partial charge in [-0.1, -0.05) is 419 Å². The molecule has 30 aromatic rings. The minimum atomic E-state index is 0.947. The Labute approximate surface area is 804 Å². The molecule has 26 aromatic carbocycles. The lowest BCUT2D eigenvalue weighted by Crippen LogP contribution is -1.94. The van der Waals surface area contributed by atoms with Crippen molar-refractivity contribution in [3.8, 4) is 89.4 Å². The van der Waals surface area contributed by atoms with E-state index in [1.165, 1.54) is 173 Å². The van der Waals surface area contributed by atoms with Gasteiger partial charge in [0.25, 0.3) is 0 Å². The maximum Gasteiger partial charge on any atom is 0.0794 e. The molecule has 0 saturated carbocycles. The number of aromatic nitrogens is 4. The number of benzene rings is 26. The summed E-state index contributed by atoms with van der Waals surface area (Å²) in [6.07, 6.45) is 0. The van der Waals surface area contributed by atoms with E-state index in [2.05, 4.69) is 485 Å². The van der Waals surface area contributed by atoms with Crippen molar-refractivity contribution in [2.24, 2.45) is 0 Å². The molecule has 0 fully saturated rings. The van der Waals surface area contributed by atoms with Crippen molar-refractivity contribution in [1.29, 1.82) is 0 Å². The molecule has 0 spiro atoms. The lowest BCUT2D eigenvalue weighted by Gasteiger charge is -2.18. The number of pyridine rings is 4. The fourth-order valence-electron chi connectivity index (χ4n) is 23.5. The molecule has 0 aliphatic rings. The molecule has 0 radical (unpaired) electrons. The van der Waals surface area contributed by atoms with Crippen molar-refractivity contribution >= 4 is 216 Å². The van der Waals surface area contributed by atoms with E-state index >= 15 is 0 Å². The van der Waals surface area contributed by atoms with Gasteiger partial charge < -0.3 is 0 Å². The molecule has 0 saturated heterocycles. The average molecular weight is 1770 g/mol. The summed E-state index contributed by atoms with van der Waals surface area (Å²) in [5.74, 6) is 0. The predicted molar refractivity (Wildman–Crippen MR) is 598 cm³/mol. The summed E-state index contributed by atoms with van der Waals surface area (Å²) in [6.45, 7) is 0. The van der Waals surface area contributed by atoms with Crippen LogP contribution >= 0.6 is 0 Å². The molecule has 0 unspecified atom stereocenters. The Kier molecular flexibility index (Phi) is 17.8. The second kappa shape index (κ2) is 31.6. The van der Waals surface area contributed by atoms with Crippen LogP contribution in [0.15, 0.2) is 485 Å². The average Bonchev–Trinajstić information content (AvgIpc) is 0.714. The first-order chi connectivity index (χ1) is 69.4. The molecular weight excluding hydrogens is 1690 g/mol. The van der Waals surface area contributed by atoms with Crippen molar-refractivity contribution in [3.63, 3.8) is 0 Å². The molecule has 30 rings (SSSR count). The van der Waals surface area contributed by atoms with E-state index in [-0.39, 0.29) is 0 Å². The second-order valence-corrected chi connectivity index (χ2v) is 37.4. The largest absolute Gasteiger partial charge is 0.248 e. The zero-order valence-electron chi connectivity index (χ0n) is 76.0. The van der Waals surface area contributed by atoms with E-state index in [0.717, 1.165) is 132 Å². The third-order valence-electron chi connectivity index (χ3n) is 30.0. The highest BCUT2D eigenvalue weighted by Gasteiger charge is 2.25. The Hall–Kier alpha value is -18.5. The van der Waals surface area contributed by atoms with Crippen LogP contribution in [0.4, 0.5) is 0 Å². The lowest BCUT2D eigenvalue weighted by atomic mass is 9.88. The Bertz CT molecular complexity index is 10400. The molecule has 4 nitrogen and oxygen atoms in total. The maximum atomic E-state index is 5.70. The summed E-state index contributed by atoms with van der Waals surface area (Å²) in [7, 11) is 0. The normalized spacial score (nSPS) is 12.0. The SMILES string of the molecule is c1ccc2c(-c3ccc(-c4cc5c(-c6ccc7c8ccccc8c8ccccc8c7c6)cc(-c6ccc7c8ccccc8c8ccccc8c7c6)nc5c5ccccc45)cc3)c3ccccc3nc2c1.c1ccc2c(c1)nc(-c1ccc(-c3cc4c(-c5ccc6c7ccccc7c7ccccc7c6c5)cc(-c5ccc6c7ccccc7c7ccccc7c6c5)nc4c4ccccc34)cc1)c1ccccc12. The first kappa shape index (κ1) is 79.0. The Morgan fingerprint density at radius 1 is 0.107 bits per heavy atom. The summed E-state index contributed by atoms with van der Waals surface area (Å²) in [5.41, 5.74) is 22.8. The molecule has 4 heteroatoms. The zero-order valence-corrected chi connectivity index (χ0v) is 76.0. The van der Waals surface area contributed by atoms with E-state index in [1.54, 1.807) is 0 Å². The predicted octanol–water partition coefficient (Wildman–Crippen LogP) is 37.4. The number of fused-ring (bicyclic) bond motifs is 35. The van der Waals surface area contributed by atoms with E-state index in [4.69, 9.17) is 19.9 Å². The number of rotatable bonds is 8. The van der Waals surface area contributed by atoms with Crippen LogP contribution in [0.1, 0.15) is 0 Å². The van der Waals surface area contributed by atoms with Crippen LogP contribution < -0.4 is 0 Å². The van der Waals surface area contributed by atoms with Gasteiger partial charge in [-0.05, 0) is 262 Å². The summed E-state index contributed by atoms with van der Waals surface area (Å²) >= 11 is 0. The highest BCUT2D eigenvalue weighted by Crippen LogP contribution is 2.50. The third kappa shape index (κ3) is 12.4. The van der Waals surface area contributed by atoms with Crippen LogP contribution in [-0.2, 0) is 0 Å². The Morgan fingerprint density at radius 2 is 0.321 bits per heavy atom. The minimum absolute atomic E-state index is 0.947. The van der Waals surface area contributed by atoms with Crippen LogP contribution in [0.25, 0.3) is 306 Å². The molecule has 0 aliphatic carbocycles. The van der Waals surface area contributed by atoms with Crippen molar-refractivity contribution in [1.82, 2.24) is 19.9 Å². The smallest absolute Gasteiger partial charge is 0.0794 e. The minimum Gasteiger partial charge on any atom is -0.248 e. The number of nitrogens with zero attached hydrogens (tertiary/aromatic N) is 4. The molecule has 0 atom stereocenters. The number of hydrogen-bond donors (Lipinski definition) is 0. The van der Waals surface area contributed by atoms with Crippen molar-refractivity contribution in [2.45, 2.75) is 0 Å². The van der Waals surface area contributed by atoms with Gasteiger partial charge in [-0.2, -0.15) is 0 Å². The van der Waals surface area contributed by atoms with Gasteiger partial charge in [-0.25, -0.2) is 19.9 Å². The van der Waals surface area contributed by atoms with Gasteiger partial charge in [-0.3, -0.25) is 0 Å². The number of para-hydroxylation sites is 3. The van der Waals surface area contributed by atoms with E-state index in [1.807, 2.05) is 0 Å². The molecule has 0 bridgehead atoms. The monoisotopic (exact) mass is 1770 g/mol. The first-order valence-electron chi connectivity index (χ1n) is 48.3. The fraction of sp³-hybridized carbons (Fsp3) is 0. The lowest BCUT2D eigenvalue weighted by molar-refractivity contribution is 1.41.